The van der Waals surface area contributed by atoms with E-state index in [1.54, 1.807) is 11.3 Å². The highest BCUT2D eigenvalue weighted by molar-refractivity contribution is 7.18. The molecule has 128 valence electrons. The second-order valence-corrected chi connectivity index (χ2v) is 7.93. The van der Waals surface area contributed by atoms with Crippen molar-refractivity contribution in [3.05, 3.63) is 59.1 Å². The highest BCUT2D eigenvalue weighted by Crippen LogP contribution is 2.41. The molecule has 25 heavy (non-hydrogen) atoms. The molecule has 1 heterocycles. The number of benzene rings is 2. The molecule has 0 unspecified atom stereocenters. The second kappa shape index (κ2) is 6.96. The van der Waals surface area contributed by atoms with Crippen molar-refractivity contribution in [3.8, 4) is 0 Å². The summed E-state index contributed by atoms with van der Waals surface area (Å²) < 4.78 is 1.21. The molecule has 3 nitrogen and oxygen atoms in total. The van der Waals surface area contributed by atoms with Gasteiger partial charge in [-0.25, -0.2) is 4.98 Å². The van der Waals surface area contributed by atoms with Crippen LogP contribution in [0.25, 0.3) is 10.2 Å². The quantitative estimate of drug-likeness (QED) is 0.676. The van der Waals surface area contributed by atoms with Gasteiger partial charge in [0.15, 0.2) is 0 Å². The number of nitrogens with one attached hydrogen (secondary N) is 1. The van der Waals surface area contributed by atoms with Gasteiger partial charge in [0, 0.05) is 17.5 Å². The molecule has 0 spiro atoms. The summed E-state index contributed by atoms with van der Waals surface area (Å²) in [5, 5.41) is 4.23. The third kappa shape index (κ3) is 3.45. The number of hydrogen-bond donors (Lipinski definition) is 1. The van der Waals surface area contributed by atoms with E-state index < -0.39 is 0 Å². The van der Waals surface area contributed by atoms with E-state index in [1.165, 1.54) is 16.7 Å². The molecule has 1 aliphatic rings. The molecule has 0 aliphatic heterocycles. The van der Waals surface area contributed by atoms with Crippen LogP contribution in [0, 0.1) is 12.8 Å². The Morgan fingerprint density at radius 1 is 1.08 bits per heavy atom. The Morgan fingerprint density at radius 2 is 1.84 bits per heavy atom. The van der Waals surface area contributed by atoms with E-state index in [0.29, 0.717) is 0 Å². The van der Waals surface area contributed by atoms with Crippen LogP contribution in [0.1, 0.15) is 42.2 Å². The summed E-state index contributed by atoms with van der Waals surface area (Å²) in [6.45, 7) is 2.05. The molecule has 1 aromatic heterocycles. The van der Waals surface area contributed by atoms with Gasteiger partial charge in [-0.2, -0.15) is 0 Å². The van der Waals surface area contributed by atoms with Crippen LogP contribution in [0.2, 0.25) is 0 Å². The Balaban J connectivity index is 1.57. The summed E-state index contributed by atoms with van der Waals surface area (Å²) in [6.07, 6.45) is 4.28. The lowest BCUT2D eigenvalue weighted by Gasteiger charge is -2.29. The SMILES string of the molecule is Cc1ccc(NC(=O)[C@H]2CCCC[C@H]2c2nc3ccccc3s2)cc1. The smallest absolute Gasteiger partial charge is 0.228 e. The molecule has 0 radical (unpaired) electrons. The van der Waals surface area contributed by atoms with E-state index in [9.17, 15) is 4.79 Å². The number of carbonyl (C=O) groups excluding carboxylic acids is 1. The maximum atomic E-state index is 12.9. The number of hydrogen-bond acceptors (Lipinski definition) is 3. The molecule has 0 bridgehead atoms. The summed E-state index contributed by atoms with van der Waals surface area (Å²) in [5.74, 6) is 0.375. The number of rotatable bonds is 3. The van der Waals surface area contributed by atoms with Gasteiger partial charge in [-0.15, -0.1) is 11.3 Å². The first-order valence-electron chi connectivity index (χ1n) is 8.94. The Kier molecular flexibility index (Phi) is 4.53. The molecule has 2 atom stereocenters. The average Bonchev–Trinajstić information content (AvgIpc) is 3.07. The van der Waals surface area contributed by atoms with Crippen molar-refractivity contribution >= 4 is 33.1 Å². The van der Waals surface area contributed by atoms with E-state index in [0.717, 1.165) is 35.5 Å². The summed E-state index contributed by atoms with van der Waals surface area (Å²) in [5.41, 5.74) is 3.12. The normalized spacial score (nSPS) is 20.5. The van der Waals surface area contributed by atoms with E-state index in [-0.39, 0.29) is 17.7 Å². The Hall–Kier alpha value is -2.20. The van der Waals surface area contributed by atoms with Gasteiger partial charge in [0.25, 0.3) is 0 Å². The fraction of sp³-hybridized carbons (Fsp3) is 0.333. The molecule has 1 saturated carbocycles. The van der Waals surface area contributed by atoms with Gasteiger partial charge < -0.3 is 5.32 Å². The van der Waals surface area contributed by atoms with Crippen molar-refractivity contribution in [2.75, 3.05) is 5.32 Å². The fourth-order valence-corrected chi connectivity index (χ4v) is 4.83. The topological polar surface area (TPSA) is 42.0 Å². The van der Waals surface area contributed by atoms with Crippen molar-refractivity contribution in [2.45, 2.75) is 38.5 Å². The van der Waals surface area contributed by atoms with Crippen molar-refractivity contribution < 1.29 is 4.79 Å². The lowest BCUT2D eigenvalue weighted by Crippen LogP contribution is -2.30. The van der Waals surface area contributed by atoms with Gasteiger partial charge in [-0.05, 0) is 44.0 Å². The van der Waals surface area contributed by atoms with Gasteiger partial charge in [-0.1, -0.05) is 42.7 Å². The van der Waals surface area contributed by atoms with Crippen molar-refractivity contribution in [1.82, 2.24) is 4.98 Å². The van der Waals surface area contributed by atoms with Gasteiger partial charge >= 0.3 is 0 Å². The number of aromatic nitrogens is 1. The largest absolute Gasteiger partial charge is 0.326 e. The van der Waals surface area contributed by atoms with Gasteiger partial charge in [0.2, 0.25) is 5.91 Å². The lowest BCUT2D eigenvalue weighted by molar-refractivity contribution is -0.121. The Morgan fingerprint density at radius 3 is 2.64 bits per heavy atom. The first kappa shape index (κ1) is 16.3. The molecule has 2 aromatic carbocycles. The first-order valence-corrected chi connectivity index (χ1v) is 9.75. The molecule has 1 aliphatic carbocycles. The minimum absolute atomic E-state index is 0.00983. The second-order valence-electron chi connectivity index (χ2n) is 6.87. The first-order chi connectivity index (χ1) is 12.2. The summed E-state index contributed by atoms with van der Waals surface area (Å²) in [4.78, 5) is 17.7. The number of anilines is 1. The van der Waals surface area contributed by atoms with E-state index in [4.69, 9.17) is 4.98 Å². The molecule has 4 rings (SSSR count). The number of amides is 1. The van der Waals surface area contributed by atoms with E-state index in [2.05, 4.69) is 24.4 Å². The highest BCUT2D eigenvalue weighted by atomic mass is 32.1. The Labute approximate surface area is 152 Å². The molecule has 0 saturated heterocycles. The molecule has 1 amide bonds. The monoisotopic (exact) mass is 350 g/mol. The van der Waals surface area contributed by atoms with Crippen LogP contribution >= 0.6 is 11.3 Å². The molecule has 1 N–H and O–H groups in total. The van der Waals surface area contributed by atoms with Crippen LogP contribution < -0.4 is 5.32 Å². The summed E-state index contributed by atoms with van der Waals surface area (Å²) in [7, 11) is 0. The molecule has 3 aromatic rings. The standard InChI is InChI=1S/C21H22N2OS/c1-14-10-12-15(13-11-14)22-20(24)16-6-2-3-7-17(16)21-23-18-8-4-5-9-19(18)25-21/h4-5,8-13,16-17H,2-3,6-7H2,1H3,(H,22,24)/t16-,17+/m0/s1. The summed E-state index contributed by atoms with van der Waals surface area (Å²) in [6, 6.07) is 16.2. The van der Waals surface area contributed by atoms with Crippen LogP contribution in [-0.4, -0.2) is 10.9 Å². The van der Waals surface area contributed by atoms with Crippen LogP contribution in [-0.2, 0) is 4.79 Å². The predicted molar refractivity (Wildman–Crippen MR) is 104 cm³/mol. The number of aryl methyl sites for hydroxylation is 1. The number of carbonyl (C=O) groups is 1. The molecular weight excluding hydrogens is 328 g/mol. The van der Waals surface area contributed by atoms with Crippen molar-refractivity contribution in [2.24, 2.45) is 5.92 Å². The zero-order valence-electron chi connectivity index (χ0n) is 14.4. The fourth-order valence-electron chi connectivity index (χ4n) is 3.66. The van der Waals surface area contributed by atoms with Crippen LogP contribution in [0.5, 0.6) is 0 Å². The third-order valence-corrected chi connectivity index (χ3v) is 6.22. The number of fused-ring (bicyclic) bond motifs is 1. The zero-order valence-corrected chi connectivity index (χ0v) is 15.2. The number of thiazole rings is 1. The van der Waals surface area contributed by atoms with Crippen molar-refractivity contribution in [3.63, 3.8) is 0 Å². The lowest BCUT2D eigenvalue weighted by atomic mass is 9.79. The van der Waals surface area contributed by atoms with E-state index in [1.807, 2.05) is 36.4 Å². The maximum absolute atomic E-state index is 12.9. The Bertz CT molecular complexity index is 851. The van der Waals surface area contributed by atoms with Gasteiger partial charge in [-0.3, -0.25) is 4.79 Å². The molecular formula is C21H22N2OS. The predicted octanol–water partition coefficient (Wildman–Crippen LogP) is 5.52. The van der Waals surface area contributed by atoms with Gasteiger partial charge in [0.05, 0.1) is 15.2 Å². The number of nitrogens with zero attached hydrogens (tertiary/aromatic N) is 1. The minimum atomic E-state index is 0.00983. The molecule has 1 fully saturated rings. The molecule has 4 heteroatoms. The maximum Gasteiger partial charge on any atom is 0.228 e. The van der Waals surface area contributed by atoms with E-state index >= 15 is 0 Å². The van der Waals surface area contributed by atoms with Crippen LogP contribution in [0.3, 0.4) is 0 Å². The van der Waals surface area contributed by atoms with Crippen LogP contribution in [0.15, 0.2) is 48.5 Å². The average molecular weight is 350 g/mol. The van der Waals surface area contributed by atoms with Gasteiger partial charge in [0.1, 0.15) is 0 Å². The zero-order chi connectivity index (χ0) is 17.2. The third-order valence-electron chi connectivity index (χ3n) is 5.05. The summed E-state index contributed by atoms with van der Waals surface area (Å²) >= 11 is 1.74. The number of para-hydroxylation sites is 1. The van der Waals surface area contributed by atoms with Crippen LogP contribution in [0.4, 0.5) is 5.69 Å². The minimum Gasteiger partial charge on any atom is -0.326 e. The van der Waals surface area contributed by atoms with Crippen molar-refractivity contribution in [1.29, 1.82) is 0 Å². The highest BCUT2D eigenvalue weighted by Gasteiger charge is 2.34.